The van der Waals surface area contributed by atoms with Crippen LogP contribution < -0.4 is 9.47 Å². The fraction of sp³-hybridized carbons (Fsp3) is 0.444. The highest BCUT2D eigenvalue weighted by atomic mass is 35.5. The topological polar surface area (TPSA) is 91.8 Å². The molecule has 3 aromatic carbocycles. The number of ether oxygens (including phenoxy) is 2. The van der Waals surface area contributed by atoms with Gasteiger partial charge < -0.3 is 14.4 Å². The van der Waals surface area contributed by atoms with E-state index in [4.69, 9.17) is 37.7 Å². The number of urea groups is 1. The van der Waals surface area contributed by atoms with E-state index in [2.05, 4.69) is 4.90 Å². The molecule has 12 heteroatoms. The molecule has 0 spiro atoms. The molecular weight excluding hydrogens is 671 g/mol. The molecule has 5 rings (SSSR count). The maximum absolute atomic E-state index is 15.1. The molecule has 0 aromatic heterocycles. The van der Waals surface area contributed by atoms with Gasteiger partial charge in [0.05, 0.1) is 24.5 Å². The zero-order valence-corrected chi connectivity index (χ0v) is 30.7. The molecule has 258 valence electrons. The van der Waals surface area contributed by atoms with Gasteiger partial charge in [0.15, 0.2) is 0 Å². The van der Waals surface area contributed by atoms with Gasteiger partial charge in [-0.05, 0) is 88.2 Å². The zero-order valence-electron chi connectivity index (χ0n) is 28.4. The largest absolute Gasteiger partial charge is 0.497 e. The molecule has 2 aliphatic rings. The number of hydrogen-bond donors (Lipinski definition) is 0. The van der Waals surface area contributed by atoms with Gasteiger partial charge in [0.25, 0.3) is 0 Å². The molecular formula is C36H44Cl2N4O5S. The van der Waals surface area contributed by atoms with Gasteiger partial charge in [-0.15, -0.1) is 0 Å². The van der Waals surface area contributed by atoms with Crippen LogP contribution in [0.4, 0.5) is 4.79 Å². The van der Waals surface area contributed by atoms with Crippen molar-refractivity contribution in [2.45, 2.75) is 51.3 Å². The first-order valence-corrected chi connectivity index (χ1v) is 18.9. The highest BCUT2D eigenvalue weighted by Crippen LogP contribution is 2.54. The van der Waals surface area contributed by atoms with Crippen molar-refractivity contribution in [3.05, 3.63) is 93.5 Å². The first kappa shape index (κ1) is 36.0. The van der Waals surface area contributed by atoms with E-state index in [1.807, 2.05) is 104 Å². The van der Waals surface area contributed by atoms with E-state index < -0.39 is 20.9 Å². The minimum Gasteiger partial charge on any atom is -0.497 e. The van der Waals surface area contributed by atoms with E-state index in [1.54, 1.807) is 7.11 Å². The van der Waals surface area contributed by atoms with Crippen LogP contribution in [0.1, 0.15) is 50.8 Å². The van der Waals surface area contributed by atoms with Gasteiger partial charge in [-0.25, -0.2) is 13.2 Å². The average Bonchev–Trinajstić information content (AvgIpc) is 3.28. The summed E-state index contributed by atoms with van der Waals surface area (Å²) in [6.45, 7) is 10.9. The number of rotatable bonds is 10. The fourth-order valence-electron chi connectivity index (χ4n) is 6.59. The Morgan fingerprint density at radius 2 is 1.50 bits per heavy atom. The molecule has 0 aliphatic carbocycles. The first-order chi connectivity index (χ1) is 22.7. The molecule has 0 saturated carbocycles. The highest BCUT2D eigenvalue weighted by Gasteiger charge is 2.60. The molecule has 0 N–H and O–H groups in total. The Bertz CT molecular complexity index is 1760. The number of halogens is 2. The van der Waals surface area contributed by atoms with Gasteiger partial charge in [-0.1, -0.05) is 47.5 Å². The first-order valence-electron chi connectivity index (χ1n) is 16.1. The summed E-state index contributed by atoms with van der Waals surface area (Å²) in [6, 6.07) is 20.6. The lowest BCUT2D eigenvalue weighted by Gasteiger charge is -2.47. The molecule has 2 atom stereocenters. The van der Waals surface area contributed by atoms with E-state index in [-0.39, 0.29) is 17.9 Å². The Hall–Kier alpha value is -3.31. The van der Waals surface area contributed by atoms with Crippen LogP contribution in [0, 0.1) is 0 Å². The standard InChI is InChI=1S/C36H44Cl2N4O5S/c1-25(2)47-32-24-30(46-5)16-17-31(32)33-39-35(3,26-8-12-28(37)13-9-26)36(4,27-10-14-29(38)15-11-27)42(33)34(43)41-21-19-40(20-22-41)18-7-23-48(6,44)45/h8-17,24-25H,7,18-23H2,1-6H3/t35-,36+/m0/s1. The third-order valence-corrected chi connectivity index (χ3v) is 10.9. The number of carbonyl (C=O) groups is 1. The van der Waals surface area contributed by atoms with Crippen molar-refractivity contribution in [2.24, 2.45) is 4.99 Å². The quantitative estimate of drug-likeness (QED) is 0.228. The summed E-state index contributed by atoms with van der Waals surface area (Å²) < 4.78 is 35.2. The lowest BCUT2D eigenvalue weighted by atomic mass is 9.71. The summed E-state index contributed by atoms with van der Waals surface area (Å²) in [5.41, 5.74) is 0.400. The summed E-state index contributed by atoms with van der Waals surface area (Å²) in [4.78, 5) is 26.4. The summed E-state index contributed by atoms with van der Waals surface area (Å²) in [7, 11) is -1.43. The Labute approximate surface area is 294 Å². The molecule has 0 radical (unpaired) electrons. The minimum absolute atomic E-state index is 0.144. The smallest absolute Gasteiger partial charge is 0.326 e. The molecule has 1 saturated heterocycles. The van der Waals surface area contributed by atoms with E-state index in [1.165, 1.54) is 6.26 Å². The zero-order chi connectivity index (χ0) is 34.9. The Kier molecular flexibility index (Phi) is 10.7. The van der Waals surface area contributed by atoms with Crippen molar-refractivity contribution in [1.29, 1.82) is 0 Å². The van der Waals surface area contributed by atoms with Gasteiger partial charge in [-0.3, -0.25) is 14.8 Å². The molecule has 2 heterocycles. The molecule has 2 amide bonds. The van der Waals surface area contributed by atoms with E-state index in [0.717, 1.165) is 11.1 Å². The van der Waals surface area contributed by atoms with Crippen molar-refractivity contribution in [1.82, 2.24) is 14.7 Å². The Morgan fingerprint density at radius 1 is 0.917 bits per heavy atom. The second kappa shape index (κ2) is 14.3. The van der Waals surface area contributed by atoms with Gasteiger partial charge >= 0.3 is 6.03 Å². The highest BCUT2D eigenvalue weighted by molar-refractivity contribution is 7.90. The second-order valence-corrected chi connectivity index (χ2v) is 16.2. The minimum atomic E-state index is -3.03. The van der Waals surface area contributed by atoms with Crippen LogP contribution in [0.5, 0.6) is 11.5 Å². The lowest BCUT2D eigenvalue weighted by molar-refractivity contribution is 0.0868. The Balaban J connectivity index is 1.64. The van der Waals surface area contributed by atoms with Crippen molar-refractivity contribution in [3.63, 3.8) is 0 Å². The van der Waals surface area contributed by atoms with Crippen LogP contribution in [0.2, 0.25) is 10.0 Å². The lowest BCUT2D eigenvalue weighted by Crippen LogP contribution is -2.60. The van der Waals surface area contributed by atoms with Crippen LogP contribution in [0.15, 0.2) is 71.7 Å². The van der Waals surface area contributed by atoms with Gasteiger partial charge in [0.2, 0.25) is 0 Å². The molecule has 1 fully saturated rings. The normalized spacial score (nSPS) is 21.8. The molecule has 0 bridgehead atoms. The number of carbonyl (C=O) groups excluding carboxylic acids is 1. The number of sulfone groups is 1. The second-order valence-electron chi connectivity index (χ2n) is 13.1. The van der Waals surface area contributed by atoms with Crippen molar-refractivity contribution in [3.8, 4) is 11.5 Å². The van der Waals surface area contributed by atoms with Crippen LogP contribution >= 0.6 is 23.2 Å². The molecule has 48 heavy (non-hydrogen) atoms. The number of nitrogens with zero attached hydrogens (tertiary/aromatic N) is 4. The van der Waals surface area contributed by atoms with Gasteiger partial charge in [0.1, 0.15) is 38.2 Å². The fourth-order valence-corrected chi connectivity index (χ4v) is 7.49. The van der Waals surface area contributed by atoms with Crippen molar-refractivity contribution in [2.75, 3.05) is 51.8 Å². The Morgan fingerprint density at radius 3 is 2.04 bits per heavy atom. The van der Waals surface area contributed by atoms with Crippen LogP contribution in [0.3, 0.4) is 0 Å². The molecule has 9 nitrogen and oxygen atoms in total. The number of benzene rings is 3. The number of amides is 2. The van der Waals surface area contributed by atoms with Gasteiger partial charge in [0, 0.05) is 48.5 Å². The van der Waals surface area contributed by atoms with Crippen LogP contribution in [0.25, 0.3) is 0 Å². The number of piperazine rings is 1. The van der Waals surface area contributed by atoms with Crippen LogP contribution in [-0.4, -0.2) is 92.9 Å². The predicted octanol–water partition coefficient (Wildman–Crippen LogP) is 6.85. The predicted molar refractivity (Wildman–Crippen MR) is 192 cm³/mol. The van der Waals surface area contributed by atoms with E-state index in [9.17, 15) is 8.42 Å². The van der Waals surface area contributed by atoms with E-state index >= 15 is 4.79 Å². The maximum Gasteiger partial charge on any atom is 0.326 e. The molecule has 3 aromatic rings. The molecule has 2 aliphatic heterocycles. The SMILES string of the molecule is COc1ccc(C2=N[C@@](C)(c3ccc(Cl)cc3)[C@@](C)(c3ccc(Cl)cc3)N2C(=O)N2CCN(CCCS(C)(=O)=O)CC2)c(OC(C)C)c1. The summed E-state index contributed by atoms with van der Waals surface area (Å²) >= 11 is 12.7. The summed E-state index contributed by atoms with van der Waals surface area (Å²) in [5, 5.41) is 1.19. The summed E-state index contributed by atoms with van der Waals surface area (Å²) in [6.07, 6.45) is 1.66. The van der Waals surface area contributed by atoms with Crippen molar-refractivity contribution < 1.29 is 22.7 Å². The molecule has 0 unspecified atom stereocenters. The number of amidine groups is 1. The van der Waals surface area contributed by atoms with E-state index in [0.29, 0.717) is 72.1 Å². The monoisotopic (exact) mass is 714 g/mol. The van der Waals surface area contributed by atoms with Gasteiger partial charge in [-0.2, -0.15) is 0 Å². The summed E-state index contributed by atoms with van der Waals surface area (Å²) in [5.74, 6) is 1.79. The van der Waals surface area contributed by atoms with Crippen LogP contribution in [-0.2, 0) is 20.9 Å². The third-order valence-electron chi connectivity index (χ3n) is 9.37. The number of methoxy groups -OCH3 is 1. The van der Waals surface area contributed by atoms with Crippen molar-refractivity contribution >= 4 is 44.9 Å². The number of aliphatic imine (C=N–C) groups is 1. The number of hydrogen-bond acceptors (Lipinski definition) is 7. The maximum atomic E-state index is 15.1. The average molecular weight is 716 g/mol. The third kappa shape index (κ3) is 7.32.